The number of aromatic nitrogens is 2. The second-order valence-electron chi connectivity index (χ2n) is 4.49. The lowest BCUT2D eigenvalue weighted by atomic mass is 9.83. The van der Waals surface area contributed by atoms with Crippen molar-refractivity contribution in [1.82, 2.24) is 14.9 Å². The van der Waals surface area contributed by atoms with Crippen LogP contribution in [0.25, 0.3) is 0 Å². The van der Waals surface area contributed by atoms with Crippen LogP contribution in [0.5, 0.6) is 0 Å². The zero-order valence-corrected chi connectivity index (χ0v) is 11.1. The van der Waals surface area contributed by atoms with Gasteiger partial charge in [-0.25, -0.2) is 4.98 Å². The molecule has 6 heteroatoms. The number of hydrogen-bond acceptors (Lipinski definition) is 3. The molecule has 1 unspecified atom stereocenters. The zero-order valence-electron chi connectivity index (χ0n) is 9.46. The Labute approximate surface area is 113 Å². The van der Waals surface area contributed by atoms with Crippen LogP contribution in [0.2, 0.25) is 0 Å². The fourth-order valence-electron chi connectivity index (χ4n) is 2.77. The summed E-state index contributed by atoms with van der Waals surface area (Å²) in [4.78, 5) is 16.1. The molecular weight excluding hydrogens is 261 g/mol. The van der Waals surface area contributed by atoms with Crippen molar-refractivity contribution in [3.8, 4) is 0 Å². The van der Waals surface area contributed by atoms with Gasteiger partial charge in [0.1, 0.15) is 5.69 Å². The summed E-state index contributed by atoms with van der Waals surface area (Å²) < 4.78 is 2.00. The number of hydrogen-bond donors (Lipinski definition) is 1. The van der Waals surface area contributed by atoms with Crippen LogP contribution >= 0.6 is 24.8 Å². The molecule has 1 atom stereocenters. The molecule has 96 valence electrons. The summed E-state index contributed by atoms with van der Waals surface area (Å²) in [6.45, 7) is 2.96. The molecule has 1 aromatic heterocycles. The first-order valence-electron chi connectivity index (χ1n) is 5.61. The first-order valence-corrected chi connectivity index (χ1v) is 5.61. The van der Waals surface area contributed by atoms with Gasteiger partial charge in [0.15, 0.2) is 5.78 Å². The van der Waals surface area contributed by atoms with E-state index in [1.54, 1.807) is 12.5 Å². The van der Waals surface area contributed by atoms with Crippen LogP contribution in [0.4, 0.5) is 0 Å². The highest BCUT2D eigenvalue weighted by molar-refractivity contribution is 5.98. The van der Waals surface area contributed by atoms with Crippen molar-refractivity contribution in [2.75, 3.05) is 13.1 Å². The molecule has 1 fully saturated rings. The monoisotopic (exact) mass is 277 g/mol. The molecule has 1 N–H and O–H groups in total. The maximum atomic E-state index is 12.1. The van der Waals surface area contributed by atoms with E-state index in [9.17, 15) is 4.79 Å². The fraction of sp³-hybridized carbons (Fsp3) is 0.636. The number of carbonyl (C=O) groups excluding carboxylic acids is 1. The lowest BCUT2D eigenvalue weighted by Gasteiger charge is -2.26. The van der Waals surface area contributed by atoms with Gasteiger partial charge in [-0.2, -0.15) is 0 Å². The van der Waals surface area contributed by atoms with Crippen LogP contribution in [-0.4, -0.2) is 28.4 Å². The lowest BCUT2D eigenvalue weighted by Crippen LogP contribution is -2.33. The summed E-state index contributed by atoms with van der Waals surface area (Å²) in [5.41, 5.74) is 0.804. The van der Waals surface area contributed by atoms with Gasteiger partial charge in [-0.1, -0.05) is 0 Å². The third-order valence-corrected chi connectivity index (χ3v) is 3.65. The van der Waals surface area contributed by atoms with Gasteiger partial charge in [-0.15, -0.1) is 24.8 Å². The first-order chi connectivity index (χ1) is 7.36. The van der Waals surface area contributed by atoms with Gasteiger partial charge >= 0.3 is 0 Å². The Hall–Kier alpha value is -0.580. The molecule has 0 saturated carbocycles. The molecule has 2 aliphatic heterocycles. The van der Waals surface area contributed by atoms with Gasteiger partial charge in [0.05, 0.1) is 12.5 Å². The molecule has 3 rings (SSSR count). The number of halogens is 2. The maximum Gasteiger partial charge on any atom is 0.185 e. The molecule has 2 aliphatic rings. The quantitative estimate of drug-likeness (QED) is 0.847. The van der Waals surface area contributed by atoms with E-state index in [1.807, 2.05) is 4.57 Å². The smallest absolute Gasteiger partial charge is 0.185 e. The molecule has 0 aliphatic carbocycles. The van der Waals surface area contributed by atoms with E-state index >= 15 is 0 Å². The average molecular weight is 278 g/mol. The molecule has 1 saturated heterocycles. The Balaban J connectivity index is 0.000000722. The Kier molecular flexibility index (Phi) is 4.98. The van der Waals surface area contributed by atoms with Gasteiger partial charge in [0.25, 0.3) is 0 Å². The SMILES string of the molecule is Cl.Cl.O=C1c2cncn2CC1C1CCNCC1. The number of Topliss-reactive ketones (excluding diaryl/α,β-unsaturated/α-hetero) is 1. The highest BCUT2D eigenvalue weighted by Crippen LogP contribution is 2.31. The number of nitrogens with zero attached hydrogens (tertiary/aromatic N) is 2. The van der Waals surface area contributed by atoms with Crippen molar-refractivity contribution in [1.29, 1.82) is 0 Å². The Morgan fingerprint density at radius 3 is 2.65 bits per heavy atom. The van der Waals surface area contributed by atoms with Gasteiger partial charge in [-0.05, 0) is 31.8 Å². The maximum absolute atomic E-state index is 12.1. The van der Waals surface area contributed by atoms with Crippen LogP contribution in [0.1, 0.15) is 23.3 Å². The summed E-state index contributed by atoms with van der Waals surface area (Å²) in [5.74, 6) is 1.09. The van der Waals surface area contributed by atoms with Crippen molar-refractivity contribution >= 4 is 30.6 Å². The number of nitrogens with one attached hydrogen (secondary N) is 1. The highest BCUT2D eigenvalue weighted by atomic mass is 35.5. The van der Waals surface area contributed by atoms with Crippen molar-refractivity contribution in [2.24, 2.45) is 11.8 Å². The Bertz CT molecular complexity index is 388. The van der Waals surface area contributed by atoms with E-state index in [1.165, 1.54) is 0 Å². The first kappa shape index (κ1) is 14.5. The van der Waals surface area contributed by atoms with Crippen molar-refractivity contribution in [3.63, 3.8) is 0 Å². The molecule has 0 bridgehead atoms. The summed E-state index contributed by atoms with van der Waals surface area (Å²) >= 11 is 0. The normalized spacial score (nSPS) is 23.8. The number of imidazole rings is 1. The van der Waals surface area contributed by atoms with E-state index < -0.39 is 0 Å². The molecule has 0 radical (unpaired) electrons. The molecule has 4 nitrogen and oxygen atoms in total. The van der Waals surface area contributed by atoms with Gasteiger partial charge < -0.3 is 9.88 Å². The number of ketones is 1. The van der Waals surface area contributed by atoms with Crippen LogP contribution in [0.3, 0.4) is 0 Å². The van der Waals surface area contributed by atoms with Gasteiger partial charge in [0, 0.05) is 12.5 Å². The third kappa shape index (κ3) is 2.49. The van der Waals surface area contributed by atoms with E-state index in [2.05, 4.69) is 10.3 Å². The number of fused-ring (bicyclic) bond motifs is 1. The molecule has 17 heavy (non-hydrogen) atoms. The van der Waals surface area contributed by atoms with Gasteiger partial charge in [-0.3, -0.25) is 4.79 Å². The Morgan fingerprint density at radius 1 is 1.29 bits per heavy atom. The summed E-state index contributed by atoms with van der Waals surface area (Å²) in [6.07, 6.45) is 5.74. The minimum atomic E-state index is 0. The third-order valence-electron chi connectivity index (χ3n) is 3.65. The summed E-state index contributed by atoms with van der Waals surface area (Å²) in [5, 5.41) is 3.34. The average Bonchev–Trinajstić information content (AvgIpc) is 2.83. The second kappa shape index (κ2) is 5.85. The topological polar surface area (TPSA) is 46.9 Å². The van der Waals surface area contributed by atoms with E-state index in [0.717, 1.165) is 38.2 Å². The minimum absolute atomic E-state index is 0. The van der Waals surface area contributed by atoms with Crippen LogP contribution in [-0.2, 0) is 6.54 Å². The largest absolute Gasteiger partial charge is 0.327 e. The van der Waals surface area contributed by atoms with E-state index in [0.29, 0.717) is 11.7 Å². The summed E-state index contributed by atoms with van der Waals surface area (Å²) in [6, 6.07) is 0. The zero-order chi connectivity index (χ0) is 10.3. The molecular formula is C11H17Cl2N3O. The minimum Gasteiger partial charge on any atom is -0.327 e. The standard InChI is InChI=1S/C11H15N3O.2ClH/c15-11-9(8-1-3-12-4-2-8)6-14-7-13-5-10(11)14;;/h5,7-9,12H,1-4,6H2;2*1H. The van der Waals surface area contributed by atoms with E-state index in [4.69, 9.17) is 0 Å². The van der Waals surface area contributed by atoms with Crippen LogP contribution in [0.15, 0.2) is 12.5 Å². The number of rotatable bonds is 1. The van der Waals surface area contributed by atoms with Crippen molar-refractivity contribution in [2.45, 2.75) is 19.4 Å². The van der Waals surface area contributed by atoms with Crippen molar-refractivity contribution < 1.29 is 4.79 Å². The van der Waals surface area contributed by atoms with Crippen LogP contribution in [0, 0.1) is 11.8 Å². The van der Waals surface area contributed by atoms with E-state index in [-0.39, 0.29) is 30.7 Å². The molecule has 0 spiro atoms. The predicted molar refractivity (Wildman–Crippen MR) is 70.1 cm³/mol. The number of piperidine rings is 1. The molecule has 1 aromatic rings. The van der Waals surface area contributed by atoms with Crippen molar-refractivity contribution in [3.05, 3.63) is 18.2 Å². The number of carbonyl (C=O) groups is 1. The van der Waals surface area contributed by atoms with Gasteiger partial charge in [0.2, 0.25) is 0 Å². The second-order valence-corrected chi connectivity index (χ2v) is 4.49. The molecule has 3 heterocycles. The Morgan fingerprint density at radius 2 is 2.00 bits per heavy atom. The molecule has 0 amide bonds. The molecule has 0 aromatic carbocycles. The summed E-state index contributed by atoms with van der Waals surface area (Å²) in [7, 11) is 0. The lowest BCUT2D eigenvalue weighted by molar-refractivity contribution is 0.0871. The fourth-order valence-corrected chi connectivity index (χ4v) is 2.77. The highest BCUT2D eigenvalue weighted by Gasteiger charge is 2.36. The predicted octanol–water partition coefficient (Wildman–Crippen LogP) is 1.54. The van der Waals surface area contributed by atoms with Crippen LogP contribution < -0.4 is 5.32 Å².